The number of hydrogen-bond donors (Lipinski definition) is 0. The lowest BCUT2D eigenvalue weighted by Gasteiger charge is -2.45. The van der Waals surface area contributed by atoms with Crippen LogP contribution in [0.4, 0.5) is 5.69 Å². The zero-order valence-electron chi connectivity index (χ0n) is 11.0. The van der Waals surface area contributed by atoms with E-state index in [0.717, 1.165) is 12.1 Å². The Morgan fingerprint density at radius 3 is 2.11 bits per heavy atom. The minimum absolute atomic E-state index is 0.114. The van der Waals surface area contributed by atoms with Gasteiger partial charge in [0, 0.05) is 11.7 Å². The molecule has 0 N–H and O–H groups in total. The van der Waals surface area contributed by atoms with Crippen LogP contribution in [0.1, 0.15) is 12.5 Å². The second-order valence-corrected chi connectivity index (χ2v) is 5.08. The maximum absolute atomic E-state index is 12.3. The summed E-state index contributed by atoms with van der Waals surface area (Å²) in [6, 6.07) is 20.4. The molecule has 2 atom stereocenters. The monoisotopic (exact) mass is 251 g/mol. The van der Waals surface area contributed by atoms with Gasteiger partial charge in [-0.05, 0) is 31.0 Å². The van der Waals surface area contributed by atoms with Crippen molar-refractivity contribution in [2.75, 3.05) is 4.90 Å². The van der Waals surface area contributed by atoms with E-state index in [1.165, 1.54) is 5.56 Å². The van der Waals surface area contributed by atoms with Gasteiger partial charge in [-0.25, -0.2) is 0 Å². The molecule has 0 aliphatic carbocycles. The Bertz CT molecular complexity index is 564. The zero-order valence-corrected chi connectivity index (χ0v) is 11.0. The molecule has 19 heavy (non-hydrogen) atoms. The summed E-state index contributed by atoms with van der Waals surface area (Å²) in [5.74, 6) is 0.352. The van der Waals surface area contributed by atoms with Crippen LogP contribution in [0.25, 0.3) is 0 Å². The number of carbonyl (C=O) groups excluding carboxylic acids is 1. The highest BCUT2D eigenvalue weighted by molar-refractivity contribution is 6.02. The lowest BCUT2D eigenvalue weighted by atomic mass is 9.83. The van der Waals surface area contributed by atoms with Gasteiger partial charge in [-0.1, -0.05) is 48.5 Å². The smallest absolute Gasteiger partial charge is 0.232 e. The Labute approximate surface area is 113 Å². The van der Waals surface area contributed by atoms with Crippen molar-refractivity contribution in [1.29, 1.82) is 0 Å². The molecule has 2 aromatic rings. The van der Waals surface area contributed by atoms with Crippen molar-refractivity contribution in [2.24, 2.45) is 5.92 Å². The number of nitrogens with zero attached hydrogens (tertiary/aromatic N) is 1. The second-order valence-electron chi connectivity index (χ2n) is 5.08. The van der Waals surface area contributed by atoms with E-state index in [1.54, 1.807) is 0 Å². The first-order chi connectivity index (χ1) is 9.27. The van der Waals surface area contributed by atoms with Crippen LogP contribution in [0.3, 0.4) is 0 Å². The summed E-state index contributed by atoms with van der Waals surface area (Å²) < 4.78 is 0. The fourth-order valence-electron chi connectivity index (χ4n) is 2.76. The SMILES string of the molecule is CC1C(Cc2ccccc2)C(=O)N1c1ccccc1. The van der Waals surface area contributed by atoms with Gasteiger partial charge in [0.1, 0.15) is 0 Å². The van der Waals surface area contributed by atoms with Crippen molar-refractivity contribution in [3.63, 3.8) is 0 Å². The summed E-state index contributed by atoms with van der Waals surface area (Å²) in [7, 11) is 0. The summed E-state index contributed by atoms with van der Waals surface area (Å²) in [4.78, 5) is 14.2. The molecule has 1 saturated heterocycles. The van der Waals surface area contributed by atoms with E-state index in [2.05, 4.69) is 19.1 Å². The molecule has 1 fully saturated rings. The molecule has 1 aliphatic rings. The summed E-state index contributed by atoms with van der Waals surface area (Å²) in [6.45, 7) is 2.13. The minimum atomic E-state index is 0.114. The first kappa shape index (κ1) is 12.0. The highest BCUT2D eigenvalue weighted by Crippen LogP contribution is 2.34. The third-order valence-electron chi connectivity index (χ3n) is 3.88. The lowest BCUT2D eigenvalue weighted by molar-refractivity contribution is -0.129. The van der Waals surface area contributed by atoms with Gasteiger partial charge < -0.3 is 4.90 Å². The van der Waals surface area contributed by atoms with Crippen LogP contribution in [0.5, 0.6) is 0 Å². The summed E-state index contributed by atoms with van der Waals surface area (Å²) in [5.41, 5.74) is 2.24. The molecule has 2 aromatic carbocycles. The van der Waals surface area contributed by atoms with E-state index < -0.39 is 0 Å². The predicted octanol–water partition coefficient (Wildman–Crippen LogP) is 3.28. The maximum Gasteiger partial charge on any atom is 0.232 e. The van der Waals surface area contributed by atoms with Gasteiger partial charge in [-0.15, -0.1) is 0 Å². The van der Waals surface area contributed by atoms with Crippen LogP contribution in [-0.4, -0.2) is 11.9 Å². The minimum Gasteiger partial charge on any atom is -0.309 e. The molecule has 0 radical (unpaired) electrons. The van der Waals surface area contributed by atoms with Crippen LogP contribution < -0.4 is 4.90 Å². The Balaban J connectivity index is 1.73. The molecule has 2 nitrogen and oxygen atoms in total. The van der Waals surface area contributed by atoms with Crippen molar-refractivity contribution < 1.29 is 4.79 Å². The van der Waals surface area contributed by atoms with Gasteiger partial charge >= 0.3 is 0 Å². The van der Waals surface area contributed by atoms with Crippen LogP contribution in [0, 0.1) is 5.92 Å². The highest BCUT2D eigenvalue weighted by atomic mass is 16.2. The number of benzene rings is 2. The molecule has 2 unspecified atom stereocenters. The van der Waals surface area contributed by atoms with E-state index >= 15 is 0 Å². The predicted molar refractivity (Wildman–Crippen MR) is 77.0 cm³/mol. The van der Waals surface area contributed by atoms with Crippen molar-refractivity contribution in [2.45, 2.75) is 19.4 Å². The normalized spacial score (nSPS) is 22.2. The van der Waals surface area contributed by atoms with Crippen LogP contribution in [0.15, 0.2) is 60.7 Å². The van der Waals surface area contributed by atoms with Crippen molar-refractivity contribution in [1.82, 2.24) is 0 Å². The van der Waals surface area contributed by atoms with Gasteiger partial charge in [0.05, 0.1) is 5.92 Å². The van der Waals surface area contributed by atoms with Crippen LogP contribution >= 0.6 is 0 Å². The highest BCUT2D eigenvalue weighted by Gasteiger charge is 2.44. The molecule has 0 aromatic heterocycles. The summed E-state index contributed by atoms with van der Waals surface area (Å²) >= 11 is 0. The van der Waals surface area contributed by atoms with E-state index in [1.807, 2.05) is 53.4 Å². The van der Waals surface area contributed by atoms with E-state index in [9.17, 15) is 4.79 Å². The molecule has 3 rings (SSSR count). The Morgan fingerprint density at radius 2 is 1.53 bits per heavy atom. The van der Waals surface area contributed by atoms with E-state index in [-0.39, 0.29) is 17.9 Å². The second kappa shape index (κ2) is 4.88. The molecular formula is C17H17NO. The van der Waals surface area contributed by atoms with Crippen molar-refractivity contribution in [3.8, 4) is 0 Å². The number of hydrogen-bond acceptors (Lipinski definition) is 1. The first-order valence-corrected chi connectivity index (χ1v) is 6.69. The van der Waals surface area contributed by atoms with Gasteiger partial charge in [0.15, 0.2) is 0 Å². The van der Waals surface area contributed by atoms with Crippen LogP contribution in [-0.2, 0) is 11.2 Å². The molecule has 96 valence electrons. The number of β-lactam (4-membered cyclic amide) rings is 1. The lowest BCUT2D eigenvalue weighted by Crippen LogP contribution is -2.60. The average Bonchev–Trinajstić information content (AvgIpc) is 2.47. The molecule has 0 spiro atoms. The largest absolute Gasteiger partial charge is 0.309 e. The third-order valence-corrected chi connectivity index (χ3v) is 3.88. The number of amides is 1. The summed E-state index contributed by atoms with van der Waals surface area (Å²) in [6.07, 6.45) is 0.837. The quantitative estimate of drug-likeness (QED) is 0.767. The fraction of sp³-hybridized carbons (Fsp3) is 0.235. The van der Waals surface area contributed by atoms with Gasteiger partial charge in [0.25, 0.3) is 0 Å². The number of rotatable bonds is 3. The van der Waals surface area contributed by atoms with Gasteiger partial charge in [0.2, 0.25) is 5.91 Å². The van der Waals surface area contributed by atoms with E-state index in [0.29, 0.717) is 0 Å². The maximum atomic E-state index is 12.3. The Kier molecular flexibility index (Phi) is 3.08. The van der Waals surface area contributed by atoms with Gasteiger partial charge in [-0.2, -0.15) is 0 Å². The Morgan fingerprint density at radius 1 is 0.947 bits per heavy atom. The molecule has 2 heteroatoms. The first-order valence-electron chi connectivity index (χ1n) is 6.69. The Hall–Kier alpha value is -2.09. The average molecular weight is 251 g/mol. The van der Waals surface area contributed by atoms with Crippen molar-refractivity contribution in [3.05, 3.63) is 66.2 Å². The van der Waals surface area contributed by atoms with Gasteiger partial charge in [-0.3, -0.25) is 4.79 Å². The summed E-state index contributed by atoms with van der Waals surface area (Å²) in [5, 5.41) is 0. The fourth-order valence-corrected chi connectivity index (χ4v) is 2.76. The number of para-hydroxylation sites is 1. The molecular weight excluding hydrogens is 234 g/mol. The molecule has 0 bridgehead atoms. The number of anilines is 1. The van der Waals surface area contributed by atoms with E-state index in [4.69, 9.17) is 0 Å². The third kappa shape index (κ3) is 2.14. The molecule has 0 saturated carbocycles. The molecule has 1 aliphatic heterocycles. The van der Waals surface area contributed by atoms with Crippen LogP contribution in [0.2, 0.25) is 0 Å². The topological polar surface area (TPSA) is 20.3 Å². The standard InChI is InChI=1S/C17H17NO/c1-13-16(12-14-8-4-2-5-9-14)17(19)18(13)15-10-6-3-7-11-15/h2-11,13,16H,12H2,1H3. The molecule has 1 amide bonds. The number of carbonyl (C=O) groups is 1. The molecule has 1 heterocycles. The zero-order chi connectivity index (χ0) is 13.2. The van der Waals surface area contributed by atoms with Crippen molar-refractivity contribution >= 4 is 11.6 Å².